The van der Waals surface area contributed by atoms with Crippen LogP contribution >= 0.6 is 0 Å². The van der Waals surface area contributed by atoms with Gasteiger partial charge in [0.25, 0.3) is 0 Å². The summed E-state index contributed by atoms with van der Waals surface area (Å²) >= 11 is 0. The van der Waals surface area contributed by atoms with Crippen molar-refractivity contribution >= 4 is 10.0 Å². The van der Waals surface area contributed by atoms with Crippen LogP contribution in [0.3, 0.4) is 0 Å². The Morgan fingerprint density at radius 2 is 1.63 bits per heavy atom. The van der Waals surface area contributed by atoms with Crippen LogP contribution in [0.5, 0.6) is 11.5 Å². The quantitative estimate of drug-likeness (QED) is 0.798. The van der Waals surface area contributed by atoms with Gasteiger partial charge in [-0.25, -0.2) is 12.8 Å². The molecular formula is C19H21FN2O4S. The Labute approximate surface area is 158 Å². The Morgan fingerprint density at radius 3 is 2.37 bits per heavy atom. The number of hydrogen-bond donors (Lipinski definition) is 0. The van der Waals surface area contributed by atoms with E-state index in [1.165, 1.54) is 16.4 Å². The minimum absolute atomic E-state index is 0.203. The summed E-state index contributed by atoms with van der Waals surface area (Å²) in [4.78, 5) is 2.27. The molecule has 144 valence electrons. The zero-order valence-electron chi connectivity index (χ0n) is 14.8. The number of hydrogen-bond acceptors (Lipinski definition) is 5. The van der Waals surface area contributed by atoms with Crippen molar-refractivity contribution < 1.29 is 22.3 Å². The minimum atomic E-state index is -3.60. The van der Waals surface area contributed by atoms with Crippen LogP contribution < -0.4 is 9.47 Å². The van der Waals surface area contributed by atoms with Gasteiger partial charge < -0.3 is 9.47 Å². The van der Waals surface area contributed by atoms with E-state index in [4.69, 9.17) is 9.47 Å². The summed E-state index contributed by atoms with van der Waals surface area (Å²) in [5, 5.41) is 0. The largest absolute Gasteiger partial charge is 0.486 e. The molecule has 27 heavy (non-hydrogen) atoms. The molecule has 0 unspecified atom stereocenters. The van der Waals surface area contributed by atoms with Crippen LogP contribution in [0, 0.1) is 5.82 Å². The highest BCUT2D eigenvalue weighted by Gasteiger charge is 2.30. The van der Waals surface area contributed by atoms with Gasteiger partial charge in [0.1, 0.15) is 19.0 Å². The van der Waals surface area contributed by atoms with Crippen molar-refractivity contribution in [3.63, 3.8) is 0 Å². The highest BCUT2D eigenvalue weighted by Crippen LogP contribution is 2.33. The molecule has 2 heterocycles. The topological polar surface area (TPSA) is 59.1 Å². The summed E-state index contributed by atoms with van der Waals surface area (Å²) in [6.45, 7) is 3.19. The monoisotopic (exact) mass is 392 g/mol. The zero-order valence-corrected chi connectivity index (χ0v) is 15.6. The van der Waals surface area contributed by atoms with Crippen molar-refractivity contribution in [2.45, 2.75) is 11.4 Å². The molecule has 0 saturated carbocycles. The molecule has 6 nitrogen and oxygen atoms in total. The van der Waals surface area contributed by atoms with Crippen LogP contribution in [0.2, 0.25) is 0 Å². The van der Waals surface area contributed by atoms with Crippen molar-refractivity contribution in [1.82, 2.24) is 9.21 Å². The standard InChI is InChI=1S/C19H21FN2O4S/c20-17-4-2-1-3-15(17)14-21-7-9-22(10-8-21)27(23,24)16-5-6-18-19(13-16)26-12-11-25-18/h1-6,13H,7-12,14H2. The highest BCUT2D eigenvalue weighted by molar-refractivity contribution is 7.89. The van der Waals surface area contributed by atoms with E-state index in [-0.39, 0.29) is 10.7 Å². The molecular weight excluding hydrogens is 371 g/mol. The van der Waals surface area contributed by atoms with E-state index in [1.54, 1.807) is 30.3 Å². The third kappa shape index (κ3) is 3.78. The molecule has 0 atom stereocenters. The molecule has 1 saturated heterocycles. The molecule has 0 aromatic heterocycles. The van der Waals surface area contributed by atoms with E-state index in [0.717, 1.165) is 0 Å². The first-order valence-corrected chi connectivity index (χ1v) is 10.3. The molecule has 0 bridgehead atoms. The predicted molar refractivity (Wildman–Crippen MR) is 97.9 cm³/mol. The molecule has 2 aliphatic rings. The average Bonchev–Trinajstić information content (AvgIpc) is 2.70. The number of ether oxygens (including phenoxy) is 2. The number of benzene rings is 2. The van der Waals surface area contributed by atoms with Gasteiger partial charge in [-0.2, -0.15) is 4.31 Å². The first kappa shape index (κ1) is 18.2. The number of halogens is 1. The second-order valence-corrected chi connectivity index (χ2v) is 8.52. The number of fused-ring (bicyclic) bond motifs is 1. The molecule has 0 aliphatic carbocycles. The van der Waals surface area contributed by atoms with Gasteiger partial charge in [-0.05, 0) is 18.2 Å². The van der Waals surface area contributed by atoms with E-state index < -0.39 is 10.0 Å². The normalized spacial score (nSPS) is 18.4. The smallest absolute Gasteiger partial charge is 0.243 e. The Kier molecular flexibility index (Phi) is 5.03. The predicted octanol–water partition coefficient (Wildman–Crippen LogP) is 2.10. The van der Waals surface area contributed by atoms with Crippen molar-refractivity contribution in [2.24, 2.45) is 0 Å². The third-order valence-electron chi connectivity index (χ3n) is 4.83. The van der Waals surface area contributed by atoms with Gasteiger partial charge in [0.15, 0.2) is 11.5 Å². The van der Waals surface area contributed by atoms with Gasteiger partial charge in [-0.3, -0.25) is 4.90 Å². The molecule has 0 radical (unpaired) electrons. The summed E-state index contributed by atoms with van der Waals surface area (Å²) in [5.74, 6) is 0.791. The third-order valence-corrected chi connectivity index (χ3v) is 6.73. The van der Waals surface area contributed by atoms with Gasteiger partial charge in [0, 0.05) is 44.4 Å². The van der Waals surface area contributed by atoms with E-state index in [1.807, 2.05) is 0 Å². The number of sulfonamides is 1. The fourth-order valence-electron chi connectivity index (χ4n) is 3.33. The van der Waals surface area contributed by atoms with Crippen molar-refractivity contribution in [3.8, 4) is 11.5 Å². The van der Waals surface area contributed by atoms with E-state index in [9.17, 15) is 12.8 Å². The van der Waals surface area contributed by atoms with Gasteiger partial charge in [-0.1, -0.05) is 18.2 Å². The Hall–Kier alpha value is -2.16. The van der Waals surface area contributed by atoms with Crippen molar-refractivity contribution in [3.05, 3.63) is 53.8 Å². The van der Waals surface area contributed by atoms with Crippen molar-refractivity contribution in [1.29, 1.82) is 0 Å². The maximum atomic E-state index is 13.8. The molecule has 2 aromatic carbocycles. The van der Waals surface area contributed by atoms with E-state index in [2.05, 4.69) is 4.90 Å². The summed E-state index contributed by atoms with van der Waals surface area (Å²) in [7, 11) is -3.60. The first-order valence-electron chi connectivity index (χ1n) is 8.89. The number of rotatable bonds is 4. The lowest BCUT2D eigenvalue weighted by Gasteiger charge is -2.34. The highest BCUT2D eigenvalue weighted by atomic mass is 32.2. The molecule has 4 rings (SSSR count). The van der Waals surface area contributed by atoms with Gasteiger partial charge in [0.2, 0.25) is 10.0 Å². The molecule has 2 aliphatic heterocycles. The lowest BCUT2D eigenvalue weighted by Crippen LogP contribution is -2.48. The maximum absolute atomic E-state index is 13.8. The summed E-state index contributed by atoms with van der Waals surface area (Å²) in [5.41, 5.74) is 0.626. The minimum Gasteiger partial charge on any atom is -0.486 e. The zero-order chi connectivity index (χ0) is 18.9. The summed E-state index contributed by atoms with van der Waals surface area (Å²) in [6, 6.07) is 11.4. The van der Waals surface area contributed by atoms with E-state index >= 15 is 0 Å². The van der Waals surface area contributed by atoms with Crippen LogP contribution in [-0.4, -0.2) is 57.0 Å². The molecule has 1 fully saturated rings. The fourth-order valence-corrected chi connectivity index (χ4v) is 4.77. The Morgan fingerprint density at radius 1 is 0.926 bits per heavy atom. The van der Waals surface area contributed by atoms with Crippen molar-refractivity contribution in [2.75, 3.05) is 39.4 Å². The first-order chi connectivity index (χ1) is 13.0. The SMILES string of the molecule is O=S(=O)(c1ccc2c(c1)OCCO2)N1CCN(Cc2ccccc2F)CC1. The van der Waals surface area contributed by atoms with Crippen LogP contribution in [-0.2, 0) is 16.6 Å². The second kappa shape index (κ2) is 7.46. The van der Waals surface area contributed by atoms with Gasteiger partial charge in [-0.15, -0.1) is 0 Å². The lowest BCUT2D eigenvalue weighted by molar-refractivity contribution is 0.170. The van der Waals surface area contributed by atoms with Crippen LogP contribution in [0.1, 0.15) is 5.56 Å². The molecule has 0 N–H and O–H groups in total. The van der Waals surface area contributed by atoms with E-state index in [0.29, 0.717) is 63.0 Å². The van der Waals surface area contributed by atoms with Gasteiger partial charge >= 0.3 is 0 Å². The van der Waals surface area contributed by atoms with Crippen LogP contribution in [0.4, 0.5) is 4.39 Å². The van der Waals surface area contributed by atoms with Crippen LogP contribution in [0.15, 0.2) is 47.4 Å². The Bertz CT molecular complexity index is 927. The fraction of sp³-hybridized carbons (Fsp3) is 0.368. The molecule has 0 amide bonds. The Balaban J connectivity index is 1.43. The molecule has 8 heteroatoms. The molecule has 0 spiro atoms. The number of piperazine rings is 1. The van der Waals surface area contributed by atoms with Gasteiger partial charge in [0.05, 0.1) is 4.90 Å². The summed E-state index contributed by atoms with van der Waals surface area (Å²) in [6.07, 6.45) is 0. The maximum Gasteiger partial charge on any atom is 0.243 e. The second-order valence-electron chi connectivity index (χ2n) is 6.58. The summed E-state index contributed by atoms with van der Waals surface area (Å²) < 4.78 is 52.1. The average molecular weight is 392 g/mol. The lowest BCUT2D eigenvalue weighted by atomic mass is 10.2. The van der Waals surface area contributed by atoms with Crippen LogP contribution in [0.25, 0.3) is 0 Å². The molecule has 2 aromatic rings. The number of nitrogens with zero attached hydrogens (tertiary/aromatic N) is 2.